The fraction of sp³-hybridized carbons (Fsp3) is 0.391. The molecule has 5 rings (SSSR count). The fourth-order valence-electron chi connectivity index (χ4n) is 4.57. The molecule has 2 aromatic heterocycles. The second kappa shape index (κ2) is 9.27. The van der Waals surface area contributed by atoms with Gasteiger partial charge in [0.25, 0.3) is 5.91 Å². The molecule has 0 bridgehead atoms. The van der Waals surface area contributed by atoms with Gasteiger partial charge >= 0.3 is 11.8 Å². The van der Waals surface area contributed by atoms with E-state index in [4.69, 9.17) is 9.15 Å². The van der Waals surface area contributed by atoms with Crippen LogP contribution in [-0.2, 0) is 17.1 Å². The third-order valence-corrected chi connectivity index (χ3v) is 8.01. The quantitative estimate of drug-likeness (QED) is 0.517. The number of aryl methyl sites for hydroxylation is 3. The summed E-state index contributed by atoms with van der Waals surface area (Å²) in [5, 5.41) is 10.1. The zero-order valence-electron chi connectivity index (χ0n) is 20.3. The summed E-state index contributed by atoms with van der Waals surface area (Å²) < 4.78 is 55.6. The minimum atomic E-state index is -4.12. The van der Waals surface area contributed by atoms with Crippen molar-refractivity contribution in [3.63, 3.8) is 0 Å². The normalized spacial score (nSPS) is 20.7. The minimum Gasteiger partial charge on any atom is -0.489 e. The van der Waals surface area contributed by atoms with Gasteiger partial charge in [0, 0.05) is 50.9 Å². The van der Waals surface area contributed by atoms with Crippen LogP contribution in [0.5, 0.6) is 5.75 Å². The largest absolute Gasteiger partial charge is 0.489 e. The van der Waals surface area contributed by atoms with Crippen LogP contribution in [0.25, 0.3) is 0 Å². The number of hydrogen-bond acceptors (Lipinski definition) is 8. The number of carbonyl (C=O) groups excluding carboxylic acids is 2. The average Bonchev–Trinajstić information content (AvgIpc) is 3.42. The van der Waals surface area contributed by atoms with Crippen molar-refractivity contribution in [2.75, 3.05) is 25.0 Å². The summed E-state index contributed by atoms with van der Waals surface area (Å²) in [4.78, 5) is 27.2. The van der Waals surface area contributed by atoms with Crippen molar-refractivity contribution in [3.05, 3.63) is 53.3 Å². The van der Waals surface area contributed by atoms with Crippen LogP contribution in [0.1, 0.15) is 39.0 Å². The molecule has 2 N–H and O–H groups in total. The van der Waals surface area contributed by atoms with Crippen molar-refractivity contribution in [3.8, 4) is 5.75 Å². The molecule has 2 atom stereocenters. The minimum absolute atomic E-state index is 0.0141. The van der Waals surface area contributed by atoms with E-state index in [9.17, 15) is 22.4 Å². The number of halogens is 1. The second-order valence-electron chi connectivity index (χ2n) is 9.17. The maximum absolute atomic E-state index is 13.6. The molecule has 196 valence electrons. The number of carbonyl (C=O) groups is 2. The number of nitrogens with zero attached hydrogens (tertiary/aromatic N) is 4. The van der Waals surface area contributed by atoms with Crippen LogP contribution in [0, 0.1) is 25.6 Å². The van der Waals surface area contributed by atoms with Gasteiger partial charge in [0.15, 0.2) is 11.4 Å². The standard InChI is InChI=1S/C23H25FN6O6S/c1-12-8-15(4-5-16(12)24)25-21(31)19-20-18(10-29(19)3)37(33,34)28-17-9-30(7-6-14(17)11-35-20)23(32)22-27-26-13(2)36-22/h4-5,8,10,14,17,28H,6-7,9,11H2,1-3H3,(H,25,31). The van der Waals surface area contributed by atoms with Gasteiger partial charge in [0.05, 0.1) is 6.61 Å². The smallest absolute Gasteiger partial charge is 0.311 e. The van der Waals surface area contributed by atoms with E-state index in [1.165, 1.54) is 40.9 Å². The number of ether oxygens (including phenoxy) is 1. The molecular weight excluding hydrogens is 507 g/mol. The number of likely N-dealkylation sites (tertiary alicyclic amines) is 1. The van der Waals surface area contributed by atoms with Crippen molar-refractivity contribution in [1.29, 1.82) is 0 Å². The molecule has 2 unspecified atom stereocenters. The number of sulfonamides is 1. The zero-order chi connectivity index (χ0) is 26.5. The van der Waals surface area contributed by atoms with Crippen molar-refractivity contribution in [1.82, 2.24) is 24.4 Å². The van der Waals surface area contributed by atoms with Crippen LogP contribution in [0.4, 0.5) is 10.1 Å². The first-order valence-corrected chi connectivity index (χ1v) is 13.0. The molecule has 37 heavy (non-hydrogen) atoms. The lowest BCUT2D eigenvalue weighted by Gasteiger charge is -2.39. The highest BCUT2D eigenvalue weighted by Gasteiger charge is 2.40. The Morgan fingerprint density at radius 1 is 1.24 bits per heavy atom. The third-order valence-electron chi connectivity index (χ3n) is 6.52. The number of nitrogens with one attached hydrogen (secondary N) is 2. The summed E-state index contributed by atoms with van der Waals surface area (Å²) in [6, 6.07) is 3.51. The van der Waals surface area contributed by atoms with Gasteiger partial charge in [-0.15, -0.1) is 10.2 Å². The number of anilines is 1. The highest BCUT2D eigenvalue weighted by molar-refractivity contribution is 7.89. The molecule has 1 aromatic carbocycles. The Labute approximate surface area is 211 Å². The van der Waals surface area contributed by atoms with E-state index in [2.05, 4.69) is 20.2 Å². The molecule has 4 heterocycles. The van der Waals surface area contributed by atoms with Crippen LogP contribution in [0.3, 0.4) is 0 Å². The average molecular weight is 533 g/mol. The Bertz CT molecular complexity index is 1500. The topological polar surface area (TPSA) is 149 Å². The Morgan fingerprint density at radius 3 is 2.73 bits per heavy atom. The van der Waals surface area contributed by atoms with Crippen molar-refractivity contribution < 1.29 is 31.6 Å². The van der Waals surface area contributed by atoms with Gasteiger partial charge in [0.2, 0.25) is 15.9 Å². The fourth-order valence-corrected chi connectivity index (χ4v) is 6.06. The molecule has 12 nitrogen and oxygen atoms in total. The maximum atomic E-state index is 13.6. The predicted molar refractivity (Wildman–Crippen MR) is 127 cm³/mol. The lowest BCUT2D eigenvalue weighted by Crippen LogP contribution is -2.56. The molecule has 0 aliphatic carbocycles. The summed E-state index contributed by atoms with van der Waals surface area (Å²) in [6.45, 7) is 3.70. The summed E-state index contributed by atoms with van der Waals surface area (Å²) in [5.41, 5.74) is 0.729. The lowest BCUT2D eigenvalue weighted by molar-refractivity contribution is 0.0562. The first-order valence-electron chi connectivity index (χ1n) is 11.5. The molecule has 2 amide bonds. The molecule has 2 aliphatic heterocycles. The van der Waals surface area contributed by atoms with Gasteiger partial charge in [-0.2, -0.15) is 0 Å². The Hall–Kier alpha value is -3.78. The molecule has 1 fully saturated rings. The van der Waals surface area contributed by atoms with E-state index in [0.717, 1.165) is 0 Å². The zero-order valence-corrected chi connectivity index (χ0v) is 21.1. The summed E-state index contributed by atoms with van der Waals surface area (Å²) in [7, 11) is -2.58. The van der Waals surface area contributed by atoms with Crippen LogP contribution in [-0.4, -0.2) is 65.6 Å². The van der Waals surface area contributed by atoms with Gasteiger partial charge in [0.1, 0.15) is 10.7 Å². The van der Waals surface area contributed by atoms with E-state index in [1.807, 2.05) is 0 Å². The van der Waals surface area contributed by atoms with Gasteiger partial charge in [-0.05, 0) is 37.1 Å². The van der Waals surface area contributed by atoms with Gasteiger partial charge in [-0.3, -0.25) is 9.59 Å². The third kappa shape index (κ3) is 4.69. The molecular formula is C23H25FN6O6S. The monoisotopic (exact) mass is 532 g/mol. The van der Waals surface area contributed by atoms with Crippen molar-refractivity contribution in [2.24, 2.45) is 13.0 Å². The highest BCUT2D eigenvalue weighted by atomic mass is 32.2. The van der Waals surface area contributed by atoms with Crippen molar-refractivity contribution in [2.45, 2.75) is 31.2 Å². The number of benzene rings is 1. The van der Waals surface area contributed by atoms with E-state index in [0.29, 0.717) is 24.2 Å². The van der Waals surface area contributed by atoms with Gasteiger partial charge in [-0.1, -0.05) is 0 Å². The highest BCUT2D eigenvalue weighted by Crippen LogP contribution is 2.35. The second-order valence-corrected chi connectivity index (χ2v) is 10.8. The molecule has 0 radical (unpaired) electrons. The van der Waals surface area contributed by atoms with Crippen LogP contribution < -0.4 is 14.8 Å². The predicted octanol–water partition coefficient (Wildman–Crippen LogP) is 1.62. The first kappa shape index (κ1) is 24.9. The molecule has 1 saturated heterocycles. The molecule has 14 heteroatoms. The van der Waals surface area contributed by atoms with Crippen LogP contribution >= 0.6 is 0 Å². The van der Waals surface area contributed by atoms with Gasteiger partial charge < -0.3 is 23.9 Å². The Balaban J connectivity index is 1.40. The van der Waals surface area contributed by atoms with Crippen molar-refractivity contribution >= 4 is 27.5 Å². The maximum Gasteiger partial charge on any atom is 0.311 e. The summed E-state index contributed by atoms with van der Waals surface area (Å²) >= 11 is 0. The van der Waals surface area contributed by atoms with E-state index in [-0.39, 0.29) is 47.2 Å². The number of piperidine rings is 1. The molecule has 3 aromatic rings. The van der Waals surface area contributed by atoms with E-state index < -0.39 is 33.7 Å². The molecule has 2 aliphatic rings. The van der Waals surface area contributed by atoms with Crippen LogP contribution in [0.15, 0.2) is 33.7 Å². The Morgan fingerprint density at radius 2 is 2.03 bits per heavy atom. The van der Waals surface area contributed by atoms with E-state index in [1.54, 1.807) is 13.8 Å². The number of amides is 2. The van der Waals surface area contributed by atoms with E-state index >= 15 is 0 Å². The molecule has 0 spiro atoms. The van der Waals surface area contributed by atoms with Crippen LogP contribution in [0.2, 0.25) is 0 Å². The Kier molecular flexibility index (Phi) is 6.23. The number of hydrogen-bond donors (Lipinski definition) is 2. The summed E-state index contributed by atoms with van der Waals surface area (Å²) in [5.74, 6) is -1.70. The first-order chi connectivity index (χ1) is 17.5. The number of fused-ring (bicyclic) bond motifs is 2. The summed E-state index contributed by atoms with van der Waals surface area (Å²) in [6.07, 6.45) is 1.75. The lowest BCUT2D eigenvalue weighted by atomic mass is 9.93. The number of rotatable bonds is 3. The van der Waals surface area contributed by atoms with Gasteiger partial charge in [-0.25, -0.2) is 17.5 Å². The number of aromatic nitrogens is 3. The SMILES string of the molecule is Cc1nnc(C(=O)N2CCC3COc4c(cn(C)c4C(=O)Nc4ccc(F)c(C)c4)S(=O)(=O)NC3C2)o1. The molecule has 0 saturated carbocycles.